The van der Waals surface area contributed by atoms with E-state index >= 15 is 0 Å². The molecule has 0 aliphatic rings. The van der Waals surface area contributed by atoms with Crippen molar-refractivity contribution in [2.24, 2.45) is 5.73 Å². The van der Waals surface area contributed by atoms with E-state index in [0.717, 1.165) is 6.26 Å². The fraction of sp³-hybridized carbons (Fsp3) is 0.240. The first kappa shape index (κ1) is 26.7. The van der Waals surface area contributed by atoms with Crippen LogP contribution in [0.3, 0.4) is 0 Å². The van der Waals surface area contributed by atoms with Gasteiger partial charge in [-0.05, 0) is 48.4 Å². The van der Waals surface area contributed by atoms with E-state index in [2.05, 4.69) is 20.4 Å². The Bertz CT molecular complexity index is 1620. The minimum absolute atomic E-state index is 0.172. The summed E-state index contributed by atoms with van der Waals surface area (Å²) in [5, 5.41) is 7.62. The van der Waals surface area contributed by atoms with E-state index in [9.17, 15) is 22.4 Å². The maximum Gasteiger partial charge on any atom is 0.254 e. The molecule has 38 heavy (non-hydrogen) atoms. The Balaban J connectivity index is 1.69. The Morgan fingerprint density at radius 3 is 2.50 bits per heavy atom. The number of rotatable bonds is 9. The van der Waals surface area contributed by atoms with Gasteiger partial charge in [0.15, 0.2) is 14.9 Å². The Morgan fingerprint density at radius 1 is 1.16 bits per heavy atom. The number of hydrogen-bond donors (Lipinski definition) is 2. The van der Waals surface area contributed by atoms with Crippen molar-refractivity contribution in [2.75, 3.05) is 24.7 Å². The third-order valence-electron chi connectivity index (χ3n) is 5.90. The van der Waals surface area contributed by atoms with E-state index in [4.69, 9.17) is 5.73 Å². The van der Waals surface area contributed by atoms with E-state index in [1.165, 1.54) is 35.5 Å². The first-order chi connectivity index (χ1) is 18.0. The lowest BCUT2D eigenvalue weighted by molar-refractivity contribution is -0.116. The molecule has 0 radical (unpaired) electrons. The van der Waals surface area contributed by atoms with Crippen LogP contribution in [0.25, 0.3) is 16.6 Å². The number of primary amides is 1. The smallest absolute Gasteiger partial charge is 0.254 e. The molecule has 13 heteroatoms. The van der Waals surface area contributed by atoms with Gasteiger partial charge in [-0.25, -0.2) is 22.5 Å². The van der Waals surface area contributed by atoms with Crippen molar-refractivity contribution in [3.63, 3.8) is 0 Å². The fourth-order valence-electron chi connectivity index (χ4n) is 3.98. The average molecular weight is 540 g/mol. The van der Waals surface area contributed by atoms with Gasteiger partial charge in [-0.15, -0.1) is 0 Å². The van der Waals surface area contributed by atoms with Crippen LogP contribution >= 0.6 is 0 Å². The summed E-state index contributed by atoms with van der Waals surface area (Å²) in [5.41, 5.74) is 7.19. The van der Waals surface area contributed by atoms with Gasteiger partial charge in [0.1, 0.15) is 11.6 Å². The van der Waals surface area contributed by atoms with Crippen LogP contribution in [-0.4, -0.2) is 59.8 Å². The summed E-state index contributed by atoms with van der Waals surface area (Å²) in [6.07, 6.45) is 5.96. The Hall–Kier alpha value is -4.39. The standard InChI is InChI=1S/C25H26FN7O4S/c1-4-20(15-9-23(32(2)14-22(27)34)31-24(10-15)38(3,36)37)30-25(35)19-11-28-13-21-18(19)12-29-33(21)17-7-5-16(26)6-8-17/h5-13,20H,4,14H2,1-3H3,(H2,27,34)(H,30,35)/t20-/m0/s1. The molecular weight excluding hydrogens is 513 g/mol. The molecule has 3 N–H and O–H groups in total. The monoisotopic (exact) mass is 539 g/mol. The molecule has 3 heterocycles. The Morgan fingerprint density at radius 2 is 1.87 bits per heavy atom. The van der Waals surface area contributed by atoms with Gasteiger partial charge in [-0.2, -0.15) is 5.10 Å². The number of pyridine rings is 2. The lowest BCUT2D eigenvalue weighted by Crippen LogP contribution is -2.32. The van der Waals surface area contributed by atoms with Gasteiger partial charge in [0.25, 0.3) is 5.91 Å². The summed E-state index contributed by atoms with van der Waals surface area (Å²) in [6, 6.07) is 8.18. The molecule has 11 nitrogen and oxygen atoms in total. The number of sulfone groups is 1. The van der Waals surface area contributed by atoms with Crippen molar-refractivity contribution in [1.29, 1.82) is 0 Å². The second-order valence-electron chi connectivity index (χ2n) is 8.78. The van der Waals surface area contributed by atoms with Crippen LogP contribution in [0.15, 0.2) is 60.0 Å². The number of anilines is 1. The maximum atomic E-state index is 13.4. The van der Waals surface area contributed by atoms with Gasteiger partial charge in [0, 0.05) is 24.9 Å². The number of fused-ring (bicyclic) bond motifs is 1. The van der Waals surface area contributed by atoms with Crippen LogP contribution in [0.1, 0.15) is 35.3 Å². The van der Waals surface area contributed by atoms with Gasteiger partial charge in [0.05, 0.1) is 41.7 Å². The van der Waals surface area contributed by atoms with Crippen molar-refractivity contribution >= 4 is 38.4 Å². The molecule has 0 aliphatic heterocycles. The molecule has 0 saturated heterocycles. The highest BCUT2D eigenvalue weighted by atomic mass is 32.2. The quantitative estimate of drug-likeness (QED) is 0.328. The summed E-state index contributed by atoms with van der Waals surface area (Å²) in [4.78, 5) is 34.6. The van der Waals surface area contributed by atoms with Crippen LogP contribution in [0.5, 0.6) is 0 Å². The van der Waals surface area contributed by atoms with Crippen LogP contribution in [-0.2, 0) is 14.6 Å². The number of carbonyl (C=O) groups excluding carboxylic acids is 2. The van der Waals surface area contributed by atoms with Gasteiger partial charge >= 0.3 is 0 Å². The number of nitrogens with one attached hydrogen (secondary N) is 1. The number of amides is 2. The summed E-state index contributed by atoms with van der Waals surface area (Å²) in [7, 11) is -2.14. The molecule has 1 aromatic carbocycles. The Kier molecular flexibility index (Phi) is 7.39. The lowest BCUT2D eigenvalue weighted by Gasteiger charge is -2.22. The number of halogens is 1. The molecule has 3 aromatic heterocycles. The summed E-state index contributed by atoms with van der Waals surface area (Å²) in [5.74, 6) is -1.21. The third-order valence-corrected chi connectivity index (χ3v) is 6.87. The molecule has 1 atom stereocenters. The summed E-state index contributed by atoms with van der Waals surface area (Å²) < 4.78 is 39.6. The van der Waals surface area contributed by atoms with Crippen molar-refractivity contribution < 1.29 is 22.4 Å². The van der Waals surface area contributed by atoms with Crippen LogP contribution in [0, 0.1) is 5.82 Å². The van der Waals surface area contributed by atoms with Gasteiger partial charge in [-0.1, -0.05) is 6.92 Å². The van der Waals surface area contributed by atoms with Crippen molar-refractivity contribution in [2.45, 2.75) is 24.4 Å². The van der Waals surface area contributed by atoms with Crippen molar-refractivity contribution in [3.05, 3.63) is 71.9 Å². The van der Waals surface area contributed by atoms with E-state index < -0.39 is 27.7 Å². The largest absolute Gasteiger partial charge is 0.368 e. The number of aromatic nitrogens is 4. The molecule has 4 aromatic rings. The first-order valence-corrected chi connectivity index (χ1v) is 13.5. The predicted octanol–water partition coefficient (Wildman–Crippen LogP) is 2.16. The normalized spacial score (nSPS) is 12.3. The minimum Gasteiger partial charge on any atom is -0.368 e. The molecule has 4 rings (SSSR count). The maximum absolute atomic E-state index is 13.4. The summed E-state index contributed by atoms with van der Waals surface area (Å²) >= 11 is 0. The Labute approximate surface area is 218 Å². The van der Waals surface area contributed by atoms with Crippen LogP contribution in [0.2, 0.25) is 0 Å². The molecule has 0 fully saturated rings. The average Bonchev–Trinajstić information content (AvgIpc) is 3.30. The molecule has 2 amide bonds. The second kappa shape index (κ2) is 10.5. The van der Waals surface area contributed by atoms with E-state index in [0.29, 0.717) is 28.6 Å². The van der Waals surface area contributed by atoms with E-state index in [1.54, 1.807) is 36.1 Å². The molecule has 0 bridgehead atoms. The molecule has 0 spiro atoms. The number of nitrogens with zero attached hydrogens (tertiary/aromatic N) is 5. The summed E-state index contributed by atoms with van der Waals surface area (Å²) in [6.45, 7) is 1.66. The lowest BCUT2D eigenvalue weighted by atomic mass is 10.0. The predicted molar refractivity (Wildman–Crippen MR) is 139 cm³/mol. The second-order valence-corrected chi connectivity index (χ2v) is 10.7. The fourth-order valence-corrected chi connectivity index (χ4v) is 4.59. The number of benzene rings is 1. The number of carbonyl (C=O) groups is 2. The van der Waals surface area contributed by atoms with Crippen LogP contribution in [0.4, 0.5) is 10.2 Å². The van der Waals surface area contributed by atoms with Gasteiger partial charge in [-0.3, -0.25) is 14.6 Å². The highest BCUT2D eigenvalue weighted by Gasteiger charge is 2.22. The molecule has 0 saturated carbocycles. The SMILES string of the molecule is CC[C@H](NC(=O)c1cncc2c1cnn2-c1ccc(F)cc1)c1cc(N(C)CC(N)=O)nc(S(C)(=O)=O)c1. The number of nitrogens with two attached hydrogens (primary N) is 1. The van der Waals surface area contributed by atoms with Gasteiger partial charge < -0.3 is 16.0 Å². The van der Waals surface area contributed by atoms with Crippen molar-refractivity contribution in [1.82, 2.24) is 25.1 Å². The van der Waals surface area contributed by atoms with E-state index in [-0.39, 0.29) is 28.8 Å². The zero-order valence-electron chi connectivity index (χ0n) is 20.9. The minimum atomic E-state index is -3.70. The highest BCUT2D eigenvalue weighted by Crippen LogP contribution is 2.26. The van der Waals surface area contributed by atoms with Gasteiger partial charge in [0.2, 0.25) is 5.91 Å². The zero-order valence-corrected chi connectivity index (χ0v) is 21.7. The number of likely N-dealkylation sites (N-methyl/N-ethyl adjacent to an activating group) is 1. The molecular formula is C25H26FN7O4S. The van der Waals surface area contributed by atoms with Crippen molar-refractivity contribution in [3.8, 4) is 5.69 Å². The molecule has 0 unspecified atom stereocenters. The zero-order chi connectivity index (χ0) is 27.6. The number of hydrogen-bond acceptors (Lipinski definition) is 8. The van der Waals surface area contributed by atoms with Crippen LogP contribution < -0.4 is 16.0 Å². The molecule has 198 valence electrons. The van der Waals surface area contributed by atoms with E-state index in [1.807, 2.05) is 6.92 Å². The third kappa shape index (κ3) is 5.62. The highest BCUT2D eigenvalue weighted by molar-refractivity contribution is 7.90. The molecule has 0 aliphatic carbocycles. The topological polar surface area (TPSA) is 153 Å². The first-order valence-electron chi connectivity index (χ1n) is 11.6.